The van der Waals surface area contributed by atoms with Crippen LogP contribution in [0.25, 0.3) is 0 Å². The van der Waals surface area contributed by atoms with Gasteiger partial charge in [0, 0.05) is 6.54 Å². The Morgan fingerprint density at radius 1 is 1.25 bits per heavy atom. The molecule has 0 unspecified atom stereocenters. The molecular weight excluding hydrogens is 204 g/mol. The van der Waals surface area contributed by atoms with E-state index < -0.39 is 0 Å². The quantitative estimate of drug-likeness (QED) is 0.748. The van der Waals surface area contributed by atoms with Crippen molar-refractivity contribution in [1.82, 2.24) is 10.6 Å². The predicted octanol–water partition coefficient (Wildman–Crippen LogP) is 1.90. The fraction of sp³-hybridized carbons (Fsp3) is 0.417. The highest BCUT2D eigenvalue weighted by molar-refractivity contribution is 5.73. The molecule has 0 spiro atoms. The van der Waals surface area contributed by atoms with Crippen LogP contribution in [0.5, 0.6) is 5.75 Å². The number of urea groups is 1. The first kappa shape index (κ1) is 12.4. The molecule has 88 valence electrons. The summed E-state index contributed by atoms with van der Waals surface area (Å²) in [5, 5.41) is 5.24. The molecule has 1 aromatic carbocycles. The van der Waals surface area contributed by atoms with Crippen LogP contribution in [0.15, 0.2) is 24.3 Å². The second kappa shape index (κ2) is 6.71. The van der Waals surface area contributed by atoms with Gasteiger partial charge in [0.15, 0.2) is 6.73 Å². The second-order valence-corrected chi connectivity index (χ2v) is 3.29. The molecule has 16 heavy (non-hydrogen) atoms. The van der Waals surface area contributed by atoms with E-state index in [0.717, 1.165) is 17.7 Å². The molecule has 0 aliphatic heterocycles. The van der Waals surface area contributed by atoms with Crippen molar-refractivity contribution in [2.75, 3.05) is 13.3 Å². The Morgan fingerprint density at radius 3 is 2.69 bits per heavy atom. The Hall–Kier alpha value is -1.71. The standard InChI is InChI=1S/C12H18N2O2/c1-3-10-7-5-6-8-11(10)16-9-14-12(15)13-4-2/h5-8H,3-4,9H2,1-2H3,(H2,13,14,15). The Kier molecular flexibility index (Phi) is 5.19. The van der Waals surface area contributed by atoms with Gasteiger partial charge in [-0.1, -0.05) is 25.1 Å². The van der Waals surface area contributed by atoms with E-state index in [1.807, 2.05) is 31.2 Å². The van der Waals surface area contributed by atoms with Crippen LogP contribution in [0, 0.1) is 0 Å². The molecule has 0 fully saturated rings. The third kappa shape index (κ3) is 3.81. The topological polar surface area (TPSA) is 50.4 Å². The van der Waals surface area contributed by atoms with E-state index in [2.05, 4.69) is 17.6 Å². The van der Waals surface area contributed by atoms with E-state index in [1.54, 1.807) is 0 Å². The van der Waals surface area contributed by atoms with E-state index in [1.165, 1.54) is 0 Å². The van der Waals surface area contributed by atoms with E-state index in [-0.39, 0.29) is 12.8 Å². The average molecular weight is 222 g/mol. The van der Waals surface area contributed by atoms with Crippen molar-refractivity contribution in [3.8, 4) is 5.75 Å². The Labute approximate surface area is 96.0 Å². The van der Waals surface area contributed by atoms with Crippen LogP contribution in [0.1, 0.15) is 19.4 Å². The summed E-state index contributed by atoms with van der Waals surface area (Å²) >= 11 is 0. The summed E-state index contributed by atoms with van der Waals surface area (Å²) < 4.78 is 5.47. The molecule has 1 aromatic rings. The van der Waals surface area contributed by atoms with Crippen LogP contribution < -0.4 is 15.4 Å². The number of ether oxygens (including phenoxy) is 1. The molecule has 2 N–H and O–H groups in total. The number of carbonyl (C=O) groups excluding carboxylic acids is 1. The average Bonchev–Trinajstić information content (AvgIpc) is 2.30. The van der Waals surface area contributed by atoms with Gasteiger partial charge in [-0.25, -0.2) is 4.79 Å². The molecule has 0 saturated heterocycles. The molecule has 4 nitrogen and oxygen atoms in total. The van der Waals surface area contributed by atoms with E-state index in [4.69, 9.17) is 4.74 Å². The maximum absolute atomic E-state index is 11.1. The molecule has 2 amide bonds. The number of para-hydroxylation sites is 1. The van der Waals surface area contributed by atoms with E-state index >= 15 is 0 Å². The van der Waals surface area contributed by atoms with Gasteiger partial charge in [0.2, 0.25) is 0 Å². The largest absolute Gasteiger partial charge is 0.473 e. The fourth-order valence-corrected chi connectivity index (χ4v) is 1.34. The Balaban J connectivity index is 2.39. The molecule has 0 aliphatic rings. The highest BCUT2D eigenvalue weighted by Gasteiger charge is 2.01. The number of hydrogen-bond acceptors (Lipinski definition) is 2. The molecule has 1 rings (SSSR count). The van der Waals surface area contributed by atoms with E-state index in [0.29, 0.717) is 6.54 Å². The third-order valence-corrected chi connectivity index (χ3v) is 2.15. The van der Waals surface area contributed by atoms with Crippen molar-refractivity contribution < 1.29 is 9.53 Å². The van der Waals surface area contributed by atoms with Crippen LogP contribution in [0.3, 0.4) is 0 Å². The first-order valence-corrected chi connectivity index (χ1v) is 5.50. The smallest absolute Gasteiger partial charge is 0.317 e. The van der Waals surface area contributed by atoms with Crippen molar-refractivity contribution in [2.45, 2.75) is 20.3 Å². The Morgan fingerprint density at radius 2 is 2.00 bits per heavy atom. The summed E-state index contributed by atoms with van der Waals surface area (Å²) in [6, 6.07) is 7.60. The van der Waals surface area contributed by atoms with Gasteiger partial charge in [0.25, 0.3) is 0 Å². The molecule has 0 saturated carbocycles. The number of carbonyl (C=O) groups is 1. The van der Waals surface area contributed by atoms with Gasteiger partial charge in [-0.15, -0.1) is 0 Å². The molecule has 0 atom stereocenters. The molecule has 4 heteroatoms. The van der Waals surface area contributed by atoms with Crippen LogP contribution >= 0.6 is 0 Å². The highest BCUT2D eigenvalue weighted by Crippen LogP contribution is 2.17. The minimum atomic E-state index is -0.212. The lowest BCUT2D eigenvalue weighted by Crippen LogP contribution is -2.37. The second-order valence-electron chi connectivity index (χ2n) is 3.29. The van der Waals surface area contributed by atoms with Gasteiger partial charge in [-0.3, -0.25) is 0 Å². The first-order valence-electron chi connectivity index (χ1n) is 5.50. The minimum Gasteiger partial charge on any atom is -0.473 e. The number of hydrogen-bond donors (Lipinski definition) is 2. The van der Waals surface area contributed by atoms with Crippen molar-refractivity contribution in [3.63, 3.8) is 0 Å². The van der Waals surface area contributed by atoms with Crippen LogP contribution in [-0.4, -0.2) is 19.3 Å². The number of rotatable bonds is 5. The maximum atomic E-state index is 11.1. The maximum Gasteiger partial charge on any atom is 0.317 e. The lowest BCUT2D eigenvalue weighted by atomic mass is 10.1. The summed E-state index contributed by atoms with van der Waals surface area (Å²) in [6.07, 6.45) is 0.914. The molecule has 0 bridgehead atoms. The summed E-state index contributed by atoms with van der Waals surface area (Å²) in [4.78, 5) is 11.1. The van der Waals surface area contributed by atoms with Crippen molar-refractivity contribution in [3.05, 3.63) is 29.8 Å². The van der Waals surface area contributed by atoms with Crippen molar-refractivity contribution >= 4 is 6.03 Å². The minimum absolute atomic E-state index is 0.183. The zero-order valence-corrected chi connectivity index (χ0v) is 9.75. The first-order chi connectivity index (χ1) is 7.77. The summed E-state index contributed by atoms with van der Waals surface area (Å²) in [5.41, 5.74) is 1.14. The summed E-state index contributed by atoms with van der Waals surface area (Å²) in [7, 11) is 0. The van der Waals surface area contributed by atoms with Crippen LogP contribution in [-0.2, 0) is 6.42 Å². The summed E-state index contributed by atoms with van der Waals surface area (Å²) in [6.45, 7) is 4.73. The van der Waals surface area contributed by atoms with Crippen molar-refractivity contribution in [2.24, 2.45) is 0 Å². The molecule has 0 aromatic heterocycles. The number of amides is 2. The van der Waals surface area contributed by atoms with Crippen LogP contribution in [0.2, 0.25) is 0 Å². The molecule has 0 aliphatic carbocycles. The van der Waals surface area contributed by atoms with E-state index in [9.17, 15) is 4.79 Å². The zero-order valence-electron chi connectivity index (χ0n) is 9.75. The third-order valence-electron chi connectivity index (χ3n) is 2.15. The van der Waals surface area contributed by atoms with Crippen LogP contribution in [0.4, 0.5) is 4.79 Å². The molecule has 0 heterocycles. The molecular formula is C12H18N2O2. The lowest BCUT2D eigenvalue weighted by Gasteiger charge is -2.11. The van der Waals surface area contributed by atoms with Crippen molar-refractivity contribution in [1.29, 1.82) is 0 Å². The van der Waals surface area contributed by atoms with Gasteiger partial charge in [0.05, 0.1) is 0 Å². The highest BCUT2D eigenvalue weighted by atomic mass is 16.5. The van der Waals surface area contributed by atoms with Gasteiger partial charge in [-0.2, -0.15) is 0 Å². The fourth-order valence-electron chi connectivity index (χ4n) is 1.34. The number of benzene rings is 1. The number of nitrogens with one attached hydrogen (secondary N) is 2. The van der Waals surface area contributed by atoms with Gasteiger partial charge >= 0.3 is 6.03 Å². The monoisotopic (exact) mass is 222 g/mol. The van der Waals surface area contributed by atoms with Gasteiger partial charge < -0.3 is 15.4 Å². The van der Waals surface area contributed by atoms with Gasteiger partial charge in [0.1, 0.15) is 5.75 Å². The number of aryl methyl sites for hydroxylation is 1. The van der Waals surface area contributed by atoms with Gasteiger partial charge in [-0.05, 0) is 25.0 Å². The normalized spacial score (nSPS) is 9.62. The SMILES string of the molecule is CCNC(=O)NCOc1ccccc1CC. The zero-order chi connectivity index (χ0) is 11.8. The Bertz CT molecular complexity index is 340. The summed E-state index contributed by atoms with van der Waals surface area (Å²) in [5.74, 6) is 0.821. The lowest BCUT2D eigenvalue weighted by molar-refractivity contribution is 0.224. The predicted molar refractivity (Wildman–Crippen MR) is 63.5 cm³/mol. The molecule has 0 radical (unpaired) electrons.